The molecule has 0 bridgehead atoms. The Balaban J connectivity index is 1.28. The molecule has 7 heteroatoms. The summed E-state index contributed by atoms with van der Waals surface area (Å²) in [6.45, 7) is 3.14. The molecule has 1 aliphatic heterocycles. The first-order chi connectivity index (χ1) is 18.2. The molecule has 188 valence electrons. The zero-order valence-electron chi connectivity index (χ0n) is 20.6. The Labute approximate surface area is 222 Å². The number of nitrogens with zero attached hydrogens (tertiary/aromatic N) is 3. The quantitative estimate of drug-likeness (QED) is 0.258. The minimum Gasteiger partial charge on any atom is -0.489 e. The van der Waals surface area contributed by atoms with Crippen LogP contribution in [0.1, 0.15) is 42.1 Å². The van der Waals surface area contributed by atoms with Crippen molar-refractivity contribution in [3.63, 3.8) is 0 Å². The first-order valence-electron chi connectivity index (χ1n) is 12.6. The number of ether oxygens (including phenoxy) is 1. The van der Waals surface area contributed by atoms with Gasteiger partial charge in [0.05, 0.1) is 6.04 Å². The summed E-state index contributed by atoms with van der Waals surface area (Å²) in [5.74, 6) is 1.50. The highest BCUT2D eigenvalue weighted by Crippen LogP contribution is 2.30. The van der Waals surface area contributed by atoms with Gasteiger partial charge < -0.3 is 14.5 Å². The van der Waals surface area contributed by atoms with Gasteiger partial charge in [-0.05, 0) is 61.8 Å². The standard InChI is InChI=1S/C30H29ClN4O2/c31-26-12-6-5-11-24(26)21-36-25-15-13-23(14-16-25)29-34-27(19-32)30(37-29)33-20-28(22-9-3-1-4-10-22)35-17-7-2-8-18-35/h1,3-6,9-16,28,33H,2,7-8,17-18,20-21H2/t28-/m0/s1. The Morgan fingerprint density at radius 3 is 2.43 bits per heavy atom. The Bertz CT molecular complexity index is 1340. The lowest BCUT2D eigenvalue weighted by molar-refractivity contribution is 0.170. The summed E-state index contributed by atoms with van der Waals surface area (Å²) < 4.78 is 11.9. The summed E-state index contributed by atoms with van der Waals surface area (Å²) in [7, 11) is 0. The Kier molecular flexibility index (Phi) is 8.05. The molecule has 0 aliphatic carbocycles. The largest absolute Gasteiger partial charge is 0.489 e. The summed E-state index contributed by atoms with van der Waals surface area (Å²) in [5, 5.41) is 13.8. The predicted octanol–water partition coefficient (Wildman–Crippen LogP) is 7.08. The van der Waals surface area contributed by atoms with Gasteiger partial charge in [0.1, 0.15) is 18.4 Å². The van der Waals surface area contributed by atoms with Gasteiger partial charge in [0.2, 0.25) is 17.5 Å². The molecule has 1 N–H and O–H groups in total. The molecule has 3 aromatic carbocycles. The van der Waals surface area contributed by atoms with Crippen LogP contribution in [0.4, 0.5) is 5.88 Å². The van der Waals surface area contributed by atoms with Crippen LogP contribution in [-0.2, 0) is 6.61 Å². The second-order valence-corrected chi connectivity index (χ2v) is 9.52. The first kappa shape index (κ1) is 24.9. The van der Waals surface area contributed by atoms with E-state index in [-0.39, 0.29) is 11.7 Å². The molecule has 1 saturated heterocycles. The summed E-state index contributed by atoms with van der Waals surface area (Å²) in [6.07, 6.45) is 3.69. The lowest BCUT2D eigenvalue weighted by Gasteiger charge is -2.35. The van der Waals surface area contributed by atoms with Gasteiger partial charge in [-0.3, -0.25) is 4.90 Å². The van der Waals surface area contributed by atoms with Crippen molar-refractivity contribution in [1.82, 2.24) is 9.88 Å². The molecule has 1 aliphatic rings. The molecular formula is C30H29ClN4O2. The van der Waals surface area contributed by atoms with Gasteiger partial charge >= 0.3 is 0 Å². The third-order valence-electron chi connectivity index (χ3n) is 6.66. The lowest BCUT2D eigenvalue weighted by atomic mass is 10.0. The van der Waals surface area contributed by atoms with Crippen molar-refractivity contribution < 1.29 is 9.15 Å². The fourth-order valence-corrected chi connectivity index (χ4v) is 4.85. The fraction of sp³-hybridized carbons (Fsp3) is 0.267. The average Bonchev–Trinajstić information content (AvgIpc) is 3.37. The number of anilines is 1. The number of rotatable bonds is 9. The number of oxazole rings is 1. The van der Waals surface area contributed by atoms with Crippen LogP contribution in [-0.4, -0.2) is 29.5 Å². The van der Waals surface area contributed by atoms with Gasteiger partial charge in [-0.25, -0.2) is 0 Å². The van der Waals surface area contributed by atoms with Crippen molar-refractivity contribution >= 4 is 17.5 Å². The van der Waals surface area contributed by atoms with Gasteiger partial charge in [0, 0.05) is 22.7 Å². The number of halogens is 1. The third kappa shape index (κ3) is 6.14. The van der Waals surface area contributed by atoms with Gasteiger partial charge in [0.25, 0.3) is 0 Å². The van der Waals surface area contributed by atoms with E-state index in [2.05, 4.69) is 45.5 Å². The van der Waals surface area contributed by atoms with Crippen LogP contribution >= 0.6 is 11.6 Å². The minimum absolute atomic E-state index is 0.191. The highest BCUT2D eigenvalue weighted by Gasteiger charge is 2.23. The minimum atomic E-state index is 0.191. The molecule has 6 nitrogen and oxygen atoms in total. The van der Waals surface area contributed by atoms with E-state index in [4.69, 9.17) is 20.8 Å². The molecule has 0 amide bonds. The molecule has 2 heterocycles. The van der Waals surface area contributed by atoms with Crippen LogP contribution in [0.25, 0.3) is 11.5 Å². The van der Waals surface area contributed by atoms with E-state index in [9.17, 15) is 5.26 Å². The summed E-state index contributed by atoms with van der Waals surface area (Å²) in [5.41, 5.74) is 3.20. The lowest BCUT2D eigenvalue weighted by Crippen LogP contribution is -2.37. The molecule has 1 fully saturated rings. The number of aromatic nitrogens is 1. The van der Waals surface area contributed by atoms with E-state index < -0.39 is 0 Å². The molecule has 0 radical (unpaired) electrons. The fourth-order valence-electron chi connectivity index (χ4n) is 4.66. The summed E-state index contributed by atoms with van der Waals surface area (Å²) in [4.78, 5) is 6.95. The Morgan fingerprint density at radius 1 is 0.973 bits per heavy atom. The van der Waals surface area contributed by atoms with Gasteiger partial charge in [-0.15, -0.1) is 0 Å². The van der Waals surface area contributed by atoms with Crippen LogP contribution in [0.5, 0.6) is 5.75 Å². The average molecular weight is 513 g/mol. The third-order valence-corrected chi connectivity index (χ3v) is 7.03. The molecule has 0 saturated carbocycles. The van der Waals surface area contributed by atoms with E-state index in [1.165, 1.54) is 24.8 Å². The smallest absolute Gasteiger partial charge is 0.232 e. The maximum absolute atomic E-state index is 9.70. The van der Waals surface area contributed by atoms with E-state index in [1.54, 1.807) is 0 Å². The molecular weight excluding hydrogens is 484 g/mol. The van der Waals surface area contributed by atoms with Crippen molar-refractivity contribution in [3.8, 4) is 23.3 Å². The first-order valence-corrected chi connectivity index (χ1v) is 13.0. The summed E-state index contributed by atoms with van der Waals surface area (Å²) in [6, 6.07) is 27.9. The molecule has 1 aromatic heterocycles. The van der Waals surface area contributed by atoms with Crippen molar-refractivity contribution in [2.75, 3.05) is 25.0 Å². The number of hydrogen-bond donors (Lipinski definition) is 1. The Morgan fingerprint density at radius 2 is 1.70 bits per heavy atom. The maximum atomic E-state index is 9.70. The monoisotopic (exact) mass is 512 g/mol. The molecule has 1 atom stereocenters. The van der Waals surface area contributed by atoms with Crippen molar-refractivity contribution in [2.24, 2.45) is 0 Å². The van der Waals surface area contributed by atoms with Crippen molar-refractivity contribution in [1.29, 1.82) is 5.26 Å². The highest BCUT2D eigenvalue weighted by atomic mass is 35.5. The van der Waals surface area contributed by atoms with Crippen LogP contribution in [0.3, 0.4) is 0 Å². The van der Waals surface area contributed by atoms with E-state index in [0.717, 1.165) is 24.2 Å². The molecule has 0 unspecified atom stereocenters. The SMILES string of the molecule is N#Cc1nc(-c2ccc(OCc3ccccc3Cl)cc2)oc1NC[C@@H](c1ccccc1)N1CCCCC1. The number of piperidine rings is 1. The van der Waals surface area contributed by atoms with Crippen LogP contribution in [0.2, 0.25) is 5.02 Å². The van der Waals surface area contributed by atoms with E-state index >= 15 is 0 Å². The molecule has 0 spiro atoms. The number of benzene rings is 3. The second-order valence-electron chi connectivity index (χ2n) is 9.12. The number of nitrogens with one attached hydrogen (secondary N) is 1. The normalized spacial score (nSPS) is 14.6. The molecule has 37 heavy (non-hydrogen) atoms. The topological polar surface area (TPSA) is 74.3 Å². The zero-order chi connectivity index (χ0) is 25.5. The van der Waals surface area contributed by atoms with Crippen LogP contribution in [0, 0.1) is 11.3 Å². The highest BCUT2D eigenvalue weighted by molar-refractivity contribution is 6.31. The van der Waals surface area contributed by atoms with Crippen molar-refractivity contribution in [3.05, 3.63) is 101 Å². The number of likely N-dealkylation sites (tertiary alicyclic amines) is 1. The predicted molar refractivity (Wildman–Crippen MR) is 146 cm³/mol. The number of nitriles is 1. The van der Waals surface area contributed by atoms with Gasteiger partial charge in [-0.2, -0.15) is 10.2 Å². The van der Waals surface area contributed by atoms with Gasteiger partial charge in [0.15, 0.2) is 0 Å². The van der Waals surface area contributed by atoms with E-state index in [1.807, 2.05) is 54.6 Å². The molecule has 4 aromatic rings. The second kappa shape index (κ2) is 12.0. The van der Waals surface area contributed by atoms with Crippen LogP contribution in [0.15, 0.2) is 83.3 Å². The zero-order valence-corrected chi connectivity index (χ0v) is 21.3. The molecule has 5 rings (SSSR count). The Hall–Kier alpha value is -3.79. The summed E-state index contributed by atoms with van der Waals surface area (Å²) >= 11 is 6.22. The van der Waals surface area contributed by atoms with Gasteiger partial charge in [-0.1, -0.05) is 66.6 Å². The van der Waals surface area contributed by atoms with Crippen LogP contribution < -0.4 is 10.1 Å². The van der Waals surface area contributed by atoms with E-state index in [0.29, 0.717) is 35.7 Å². The maximum Gasteiger partial charge on any atom is 0.232 e. The van der Waals surface area contributed by atoms with Crippen molar-refractivity contribution in [2.45, 2.75) is 31.9 Å². The number of hydrogen-bond acceptors (Lipinski definition) is 6.